The highest BCUT2D eigenvalue weighted by molar-refractivity contribution is 6.38. The molecule has 0 spiro atoms. The van der Waals surface area contributed by atoms with Crippen LogP contribution in [0.1, 0.15) is 19.8 Å². The summed E-state index contributed by atoms with van der Waals surface area (Å²) in [4.78, 5) is 23.7. The number of rotatable bonds is 3. The molecule has 0 unspecified atom stereocenters. The Morgan fingerprint density at radius 2 is 2.10 bits per heavy atom. The van der Waals surface area contributed by atoms with Crippen LogP contribution in [0.2, 0.25) is 0 Å². The fourth-order valence-corrected chi connectivity index (χ4v) is 1.73. The minimum Gasteiger partial charge on any atom is -0.443 e. The molecule has 102 valence electrons. The summed E-state index contributed by atoms with van der Waals surface area (Å²) >= 11 is 0. The maximum atomic E-state index is 11.9. The van der Waals surface area contributed by atoms with Crippen molar-refractivity contribution in [3.63, 3.8) is 0 Å². The highest BCUT2D eigenvalue weighted by atomic mass is 16.5. The lowest BCUT2D eigenvalue weighted by Gasteiger charge is -2.22. The number of benzene rings is 1. The van der Waals surface area contributed by atoms with Crippen LogP contribution < -0.4 is 5.01 Å². The van der Waals surface area contributed by atoms with Gasteiger partial charge in [0, 0.05) is 12.8 Å². The van der Waals surface area contributed by atoms with Crippen molar-refractivity contribution in [1.29, 1.82) is 5.26 Å². The Bertz CT molecular complexity index is 589. The number of hydrogen-bond acceptors (Lipinski definition) is 5. The van der Waals surface area contributed by atoms with Crippen LogP contribution >= 0.6 is 0 Å². The smallest absolute Gasteiger partial charge is 0.355 e. The third-order valence-corrected chi connectivity index (χ3v) is 2.73. The molecular weight excluding hydrogens is 258 g/mol. The van der Waals surface area contributed by atoms with E-state index >= 15 is 0 Å². The summed E-state index contributed by atoms with van der Waals surface area (Å²) < 4.78 is 4.89. The minimum atomic E-state index is -0.840. The largest absolute Gasteiger partial charge is 0.443 e. The fraction of sp³-hybridized carbons (Fsp3) is 0.286. The van der Waals surface area contributed by atoms with Crippen LogP contribution in [0.5, 0.6) is 0 Å². The molecule has 0 saturated carbocycles. The molecule has 1 aromatic carbocycles. The molecule has 0 radical (unpaired) electrons. The van der Waals surface area contributed by atoms with Crippen molar-refractivity contribution < 1.29 is 14.3 Å². The van der Waals surface area contributed by atoms with Crippen LogP contribution in [0.4, 0.5) is 5.69 Å². The van der Waals surface area contributed by atoms with Gasteiger partial charge in [-0.15, -0.1) is 0 Å². The summed E-state index contributed by atoms with van der Waals surface area (Å²) in [6.07, 6.45) is -0.434. The average Bonchev–Trinajstić information content (AvgIpc) is 2.48. The van der Waals surface area contributed by atoms with Gasteiger partial charge >= 0.3 is 5.97 Å². The zero-order valence-corrected chi connectivity index (χ0v) is 10.9. The molecule has 6 heteroatoms. The second kappa shape index (κ2) is 5.97. The van der Waals surface area contributed by atoms with Crippen LogP contribution in [0.15, 0.2) is 35.4 Å². The fourth-order valence-electron chi connectivity index (χ4n) is 1.73. The molecule has 0 aromatic heterocycles. The standard InChI is InChI=1S/C14H13N3O3/c1-10(9-15)20-14(19)12-7-8-13(18)17(16-12)11-5-3-2-4-6-11/h2-6,10H,7-8H2,1H3/t10-/m0/s1. The summed E-state index contributed by atoms with van der Waals surface area (Å²) in [5, 5.41) is 13.9. The molecule has 2 rings (SSSR count). The summed E-state index contributed by atoms with van der Waals surface area (Å²) in [7, 11) is 0. The van der Waals surface area contributed by atoms with E-state index in [0.29, 0.717) is 5.69 Å². The van der Waals surface area contributed by atoms with Crippen LogP contribution in [0.3, 0.4) is 0 Å². The first-order chi connectivity index (χ1) is 9.61. The van der Waals surface area contributed by atoms with Gasteiger partial charge in [0.25, 0.3) is 0 Å². The molecule has 0 fully saturated rings. The molecule has 0 aliphatic carbocycles. The Balaban J connectivity index is 2.21. The average molecular weight is 271 g/mol. The highest BCUT2D eigenvalue weighted by Crippen LogP contribution is 2.20. The van der Waals surface area contributed by atoms with Gasteiger partial charge in [0.1, 0.15) is 11.8 Å². The van der Waals surface area contributed by atoms with E-state index < -0.39 is 12.1 Å². The zero-order chi connectivity index (χ0) is 14.5. The molecule has 0 N–H and O–H groups in total. The lowest BCUT2D eigenvalue weighted by atomic mass is 10.1. The predicted molar refractivity (Wildman–Crippen MR) is 71.8 cm³/mol. The molecule has 0 bridgehead atoms. The van der Waals surface area contributed by atoms with Gasteiger partial charge in [-0.1, -0.05) is 18.2 Å². The second-order valence-electron chi connectivity index (χ2n) is 4.26. The monoisotopic (exact) mass is 271 g/mol. The molecule has 0 saturated heterocycles. The number of anilines is 1. The van der Waals surface area contributed by atoms with Gasteiger partial charge in [-0.2, -0.15) is 10.4 Å². The summed E-state index contributed by atoms with van der Waals surface area (Å²) in [6.45, 7) is 1.47. The number of carbonyl (C=O) groups excluding carboxylic acids is 2. The van der Waals surface area contributed by atoms with Crippen LogP contribution in [-0.4, -0.2) is 23.7 Å². The molecule has 1 amide bonds. The van der Waals surface area contributed by atoms with Crippen molar-refractivity contribution in [1.82, 2.24) is 0 Å². The van der Waals surface area contributed by atoms with E-state index in [-0.39, 0.29) is 24.5 Å². The summed E-state index contributed by atoms with van der Waals surface area (Å²) in [5.74, 6) is -0.839. The molecular formula is C14H13N3O3. The van der Waals surface area contributed by atoms with E-state index in [0.717, 1.165) is 0 Å². The maximum Gasteiger partial charge on any atom is 0.355 e. The van der Waals surface area contributed by atoms with Crippen molar-refractivity contribution in [3.05, 3.63) is 30.3 Å². The molecule has 1 aliphatic heterocycles. The van der Waals surface area contributed by atoms with Crippen molar-refractivity contribution >= 4 is 23.3 Å². The zero-order valence-electron chi connectivity index (χ0n) is 10.9. The van der Waals surface area contributed by atoms with Gasteiger partial charge in [0.15, 0.2) is 6.10 Å². The Morgan fingerprint density at radius 1 is 1.40 bits per heavy atom. The van der Waals surface area contributed by atoms with E-state index in [9.17, 15) is 9.59 Å². The Hall–Kier alpha value is -2.68. The van der Waals surface area contributed by atoms with Crippen LogP contribution in [-0.2, 0) is 14.3 Å². The minimum absolute atomic E-state index is 0.149. The lowest BCUT2D eigenvalue weighted by molar-refractivity contribution is -0.137. The number of hydrazone groups is 1. The maximum absolute atomic E-state index is 11.9. The van der Waals surface area contributed by atoms with Gasteiger partial charge in [0.05, 0.1) is 5.69 Å². The van der Waals surface area contributed by atoms with Crippen LogP contribution in [0.25, 0.3) is 0 Å². The number of para-hydroxylation sites is 1. The second-order valence-corrected chi connectivity index (χ2v) is 4.26. The van der Waals surface area contributed by atoms with E-state index in [2.05, 4.69) is 5.10 Å². The van der Waals surface area contributed by atoms with E-state index in [1.807, 2.05) is 12.1 Å². The van der Waals surface area contributed by atoms with Crippen molar-refractivity contribution in [2.45, 2.75) is 25.9 Å². The number of nitriles is 1. The molecule has 1 aromatic rings. The van der Waals surface area contributed by atoms with E-state index in [4.69, 9.17) is 10.00 Å². The number of amides is 1. The number of hydrogen-bond donors (Lipinski definition) is 0. The lowest BCUT2D eigenvalue weighted by Crippen LogP contribution is -2.35. The predicted octanol–water partition coefficient (Wildman–Crippen LogP) is 1.62. The number of nitrogens with zero attached hydrogens (tertiary/aromatic N) is 3. The van der Waals surface area contributed by atoms with Gasteiger partial charge < -0.3 is 4.74 Å². The van der Waals surface area contributed by atoms with Crippen LogP contribution in [0, 0.1) is 11.3 Å². The van der Waals surface area contributed by atoms with Crippen molar-refractivity contribution in [2.24, 2.45) is 5.10 Å². The Kier molecular flexibility index (Phi) is 4.11. The van der Waals surface area contributed by atoms with Gasteiger partial charge in [-0.3, -0.25) is 4.79 Å². The number of carbonyl (C=O) groups is 2. The highest BCUT2D eigenvalue weighted by Gasteiger charge is 2.27. The third-order valence-electron chi connectivity index (χ3n) is 2.73. The van der Waals surface area contributed by atoms with E-state index in [1.54, 1.807) is 24.3 Å². The van der Waals surface area contributed by atoms with Gasteiger partial charge in [0.2, 0.25) is 5.91 Å². The topological polar surface area (TPSA) is 82.8 Å². The number of esters is 1. The first-order valence-corrected chi connectivity index (χ1v) is 6.18. The Labute approximate surface area is 116 Å². The Morgan fingerprint density at radius 3 is 2.75 bits per heavy atom. The molecule has 1 heterocycles. The molecule has 1 aliphatic rings. The first kappa shape index (κ1) is 13.7. The van der Waals surface area contributed by atoms with E-state index in [1.165, 1.54) is 11.9 Å². The number of ether oxygens (including phenoxy) is 1. The van der Waals surface area contributed by atoms with Gasteiger partial charge in [-0.05, 0) is 19.1 Å². The molecule has 20 heavy (non-hydrogen) atoms. The normalized spacial score (nSPS) is 16.1. The molecule has 6 nitrogen and oxygen atoms in total. The first-order valence-electron chi connectivity index (χ1n) is 6.18. The van der Waals surface area contributed by atoms with Crippen molar-refractivity contribution in [3.8, 4) is 6.07 Å². The summed E-state index contributed by atoms with van der Waals surface area (Å²) in [6, 6.07) is 10.7. The molecule has 1 atom stereocenters. The third kappa shape index (κ3) is 3.01. The quantitative estimate of drug-likeness (QED) is 0.782. The van der Waals surface area contributed by atoms with Gasteiger partial charge in [-0.25, -0.2) is 9.80 Å². The van der Waals surface area contributed by atoms with Crippen molar-refractivity contribution in [2.75, 3.05) is 5.01 Å². The SMILES string of the molecule is C[C@@H](C#N)OC(=O)C1=NN(c2ccccc2)C(=O)CC1. The summed E-state index contributed by atoms with van der Waals surface area (Å²) in [5.41, 5.74) is 0.742.